The van der Waals surface area contributed by atoms with Crippen molar-refractivity contribution in [3.63, 3.8) is 0 Å². The number of carboxylic acid groups (broad SMARTS) is 1. The molecule has 0 aliphatic carbocycles. The minimum atomic E-state index is -1.19. The molecule has 1 aliphatic rings. The largest absolute Gasteiger partial charge is 0.478 e. The lowest BCUT2D eigenvalue weighted by Crippen LogP contribution is -2.61. The molecule has 4 rings (SSSR count). The van der Waals surface area contributed by atoms with Gasteiger partial charge in [-0.15, -0.1) is 0 Å². The number of nitrogens with zero attached hydrogens (tertiary/aromatic N) is 7. The second-order valence-electron chi connectivity index (χ2n) is 10.7. The summed E-state index contributed by atoms with van der Waals surface area (Å²) in [6.45, 7) is 10.2. The van der Waals surface area contributed by atoms with E-state index in [4.69, 9.17) is 0 Å². The van der Waals surface area contributed by atoms with Crippen LogP contribution in [0.25, 0.3) is 5.69 Å². The lowest BCUT2D eigenvalue weighted by molar-refractivity contribution is -0.00778. The van der Waals surface area contributed by atoms with E-state index in [0.29, 0.717) is 5.56 Å². The third kappa shape index (κ3) is 5.03. The maximum absolute atomic E-state index is 14.7. The second-order valence-corrected chi connectivity index (χ2v) is 10.7. The van der Waals surface area contributed by atoms with E-state index in [1.165, 1.54) is 13.1 Å². The molecule has 2 aromatic heterocycles. The number of carboxylic acids is 1. The SMILES string of the molecule is Cc1c(C(=O)O)cc(Nc2ncc(F)c(NC3CC(C)(C)N(C)C(C)(C)C3)n2)cc1-n1nnn(C)c1=O. The van der Waals surface area contributed by atoms with Crippen LogP contribution in [-0.2, 0) is 7.05 Å². The van der Waals surface area contributed by atoms with Crippen LogP contribution in [0.3, 0.4) is 0 Å². The van der Waals surface area contributed by atoms with Crippen molar-refractivity contribution in [2.75, 3.05) is 17.7 Å². The summed E-state index contributed by atoms with van der Waals surface area (Å²) >= 11 is 0. The summed E-state index contributed by atoms with van der Waals surface area (Å²) < 4.78 is 16.8. The van der Waals surface area contributed by atoms with E-state index in [2.05, 4.69) is 70.7 Å². The van der Waals surface area contributed by atoms with Crippen LogP contribution >= 0.6 is 0 Å². The van der Waals surface area contributed by atoms with Crippen LogP contribution in [0.4, 0.5) is 21.8 Å². The van der Waals surface area contributed by atoms with Gasteiger partial charge in [-0.25, -0.2) is 19.0 Å². The number of piperidine rings is 1. The summed E-state index contributed by atoms with van der Waals surface area (Å²) in [5.74, 6) is -1.67. The molecule has 1 fully saturated rings. The highest BCUT2D eigenvalue weighted by molar-refractivity contribution is 5.92. The third-order valence-corrected chi connectivity index (χ3v) is 7.21. The van der Waals surface area contributed by atoms with Crippen LogP contribution in [0.15, 0.2) is 23.1 Å². The van der Waals surface area contributed by atoms with E-state index in [-0.39, 0.29) is 45.8 Å². The Bertz CT molecular complexity index is 1390. The summed E-state index contributed by atoms with van der Waals surface area (Å²) in [6.07, 6.45) is 2.63. The third-order valence-electron chi connectivity index (χ3n) is 7.21. The summed E-state index contributed by atoms with van der Waals surface area (Å²) in [5, 5.41) is 23.4. The highest BCUT2D eigenvalue weighted by Crippen LogP contribution is 2.38. The number of aromatic carboxylic acids is 1. The molecular formula is C24H32FN9O3. The number of anilines is 3. The van der Waals surface area contributed by atoms with Gasteiger partial charge < -0.3 is 15.7 Å². The molecule has 1 saturated heterocycles. The van der Waals surface area contributed by atoms with Crippen LogP contribution < -0.4 is 16.3 Å². The molecule has 0 unspecified atom stereocenters. The van der Waals surface area contributed by atoms with Crippen molar-refractivity contribution in [1.29, 1.82) is 0 Å². The summed E-state index contributed by atoms with van der Waals surface area (Å²) in [5.41, 5.74) is 0.0582. The van der Waals surface area contributed by atoms with Crippen molar-refractivity contribution in [3.8, 4) is 5.69 Å². The van der Waals surface area contributed by atoms with Crippen LogP contribution in [0.5, 0.6) is 0 Å². The van der Waals surface area contributed by atoms with E-state index in [9.17, 15) is 19.1 Å². The Balaban J connectivity index is 1.66. The Morgan fingerprint density at radius 3 is 2.35 bits per heavy atom. The number of hydrogen-bond acceptors (Lipinski definition) is 9. The molecule has 0 atom stereocenters. The fourth-order valence-electron chi connectivity index (χ4n) is 5.00. The standard InChI is InChI=1S/C24H32FN9O3/c1-13-16(20(35)36)8-14(9-18(13)34-22(37)32(6)30-31-34)28-21-26-12-17(25)19(29-21)27-15-10-23(2,3)33(7)24(4,5)11-15/h8-9,12,15H,10-11H2,1-7H3,(H,35,36)(H2,26,27,28,29). The second kappa shape index (κ2) is 9.21. The molecule has 3 N–H and O–H groups in total. The van der Waals surface area contributed by atoms with E-state index >= 15 is 0 Å². The van der Waals surface area contributed by atoms with E-state index in [1.54, 1.807) is 13.0 Å². The maximum Gasteiger partial charge on any atom is 0.368 e. The van der Waals surface area contributed by atoms with E-state index in [0.717, 1.165) is 28.4 Å². The first-order valence-corrected chi connectivity index (χ1v) is 11.9. The zero-order chi connectivity index (χ0) is 27.3. The molecule has 0 amide bonds. The van der Waals surface area contributed by atoms with Crippen molar-refractivity contribution >= 4 is 23.4 Å². The molecule has 0 saturated carbocycles. The van der Waals surface area contributed by atoms with Crippen molar-refractivity contribution in [2.45, 2.75) is 64.6 Å². The van der Waals surface area contributed by atoms with Crippen molar-refractivity contribution in [2.24, 2.45) is 7.05 Å². The Morgan fingerprint density at radius 2 is 1.78 bits per heavy atom. The van der Waals surface area contributed by atoms with Gasteiger partial charge in [-0.05, 0) is 82.6 Å². The molecule has 3 aromatic rings. The van der Waals surface area contributed by atoms with Gasteiger partial charge in [0.2, 0.25) is 5.95 Å². The predicted octanol–water partition coefficient (Wildman–Crippen LogP) is 2.71. The summed E-state index contributed by atoms with van der Waals surface area (Å²) in [6, 6.07) is 2.91. The normalized spacial score (nSPS) is 17.5. The number of tetrazole rings is 1. The molecule has 12 nitrogen and oxygen atoms in total. The Hall–Kier alpha value is -3.87. The number of hydrogen-bond donors (Lipinski definition) is 3. The van der Waals surface area contributed by atoms with Gasteiger partial charge in [0.25, 0.3) is 0 Å². The van der Waals surface area contributed by atoms with Crippen LogP contribution in [0, 0.1) is 12.7 Å². The van der Waals surface area contributed by atoms with Gasteiger partial charge in [0.05, 0.1) is 17.4 Å². The molecule has 3 heterocycles. The highest BCUT2D eigenvalue weighted by atomic mass is 19.1. The quantitative estimate of drug-likeness (QED) is 0.450. The van der Waals surface area contributed by atoms with Gasteiger partial charge in [0.1, 0.15) is 0 Å². The smallest absolute Gasteiger partial charge is 0.368 e. The first-order chi connectivity index (χ1) is 17.2. The lowest BCUT2D eigenvalue weighted by atomic mass is 9.77. The number of aromatic nitrogens is 6. The van der Waals surface area contributed by atoms with Gasteiger partial charge in [-0.3, -0.25) is 4.90 Å². The summed E-state index contributed by atoms with van der Waals surface area (Å²) in [4.78, 5) is 35.0. The fraction of sp³-hybridized carbons (Fsp3) is 0.500. The van der Waals surface area contributed by atoms with Gasteiger partial charge in [0, 0.05) is 29.9 Å². The van der Waals surface area contributed by atoms with Crippen LogP contribution in [-0.4, -0.2) is 69.9 Å². The topological polar surface area (TPSA) is 143 Å². The summed E-state index contributed by atoms with van der Waals surface area (Å²) in [7, 11) is 3.54. The van der Waals surface area contributed by atoms with Gasteiger partial charge in [-0.1, -0.05) is 0 Å². The van der Waals surface area contributed by atoms with Gasteiger partial charge >= 0.3 is 11.7 Å². The van der Waals surface area contributed by atoms with Gasteiger partial charge in [-0.2, -0.15) is 14.3 Å². The fourth-order valence-corrected chi connectivity index (χ4v) is 5.00. The molecule has 0 spiro atoms. The molecule has 0 radical (unpaired) electrons. The Labute approximate surface area is 213 Å². The van der Waals surface area contributed by atoms with Crippen molar-refractivity contribution in [3.05, 3.63) is 45.8 Å². The number of nitrogens with one attached hydrogen (secondary N) is 2. The minimum Gasteiger partial charge on any atom is -0.478 e. The Kier molecular flexibility index (Phi) is 6.52. The highest BCUT2D eigenvalue weighted by Gasteiger charge is 2.43. The predicted molar refractivity (Wildman–Crippen MR) is 136 cm³/mol. The number of likely N-dealkylation sites (tertiary alicyclic amines) is 1. The van der Waals surface area contributed by atoms with Gasteiger partial charge in [0.15, 0.2) is 11.6 Å². The first-order valence-electron chi connectivity index (χ1n) is 11.9. The number of carbonyl (C=O) groups is 1. The molecule has 1 aliphatic heterocycles. The molecule has 13 heteroatoms. The van der Waals surface area contributed by atoms with Crippen molar-refractivity contribution < 1.29 is 14.3 Å². The van der Waals surface area contributed by atoms with E-state index in [1.807, 2.05) is 0 Å². The molecular weight excluding hydrogens is 481 g/mol. The van der Waals surface area contributed by atoms with Crippen LogP contribution in [0.2, 0.25) is 0 Å². The van der Waals surface area contributed by atoms with E-state index < -0.39 is 17.5 Å². The number of rotatable bonds is 6. The zero-order valence-electron chi connectivity index (χ0n) is 22.0. The molecule has 37 heavy (non-hydrogen) atoms. The van der Waals surface area contributed by atoms with Crippen molar-refractivity contribution in [1.82, 2.24) is 34.7 Å². The number of aryl methyl sites for hydroxylation is 1. The maximum atomic E-state index is 14.7. The monoisotopic (exact) mass is 513 g/mol. The minimum absolute atomic E-state index is 0.0217. The number of benzene rings is 1. The molecule has 198 valence electrons. The Morgan fingerprint density at radius 1 is 1.14 bits per heavy atom. The molecule has 1 aromatic carbocycles. The average molecular weight is 514 g/mol. The first kappa shape index (κ1) is 26.2. The van der Waals surface area contributed by atoms with Crippen LogP contribution in [0.1, 0.15) is 56.5 Å². The zero-order valence-corrected chi connectivity index (χ0v) is 22.0. The lowest BCUT2D eigenvalue weighted by Gasteiger charge is -2.53. The average Bonchev–Trinajstić information content (AvgIpc) is 3.13. The molecule has 0 bridgehead atoms. The number of halogens is 1.